The zero-order valence-electron chi connectivity index (χ0n) is 15.8. The second-order valence-electron chi connectivity index (χ2n) is 8.79. The van der Waals surface area contributed by atoms with Gasteiger partial charge in [0.2, 0.25) is 0 Å². The van der Waals surface area contributed by atoms with Crippen LogP contribution in [-0.2, 0) is 4.79 Å². The van der Waals surface area contributed by atoms with Crippen molar-refractivity contribution in [2.24, 2.45) is 29.6 Å². The van der Waals surface area contributed by atoms with Crippen LogP contribution in [0.1, 0.15) is 104 Å². The Balaban J connectivity index is 1.43. The lowest BCUT2D eigenvalue weighted by atomic mass is 9.72. The highest BCUT2D eigenvalue weighted by molar-refractivity contribution is 5.53. The topological polar surface area (TPSA) is 17.1 Å². The Morgan fingerprint density at radius 1 is 0.783 bits per heavy atom. The number of carbonyl (C=O) groups excluding carboxylic acids is 1. The average Bonchev–Trinajstić information content (AvgIpc) is 2.58. The van der Waals surface area contributed by atoms with Crippen LogP contribution < -0.4 is 0 Å². The summed E-state index contributed by atoms with van der Waals surface area (Å²) in [5.74, 6) is 4.26. The van der Waals surface area contributed by atoms with Gasteiger partial charge in [-0.25, -0.2) is 0 Å². The summed E-state index contributed by atoms with van der Waals surface area (Å²) in [5.41, 5.74) is 0. The average molecular weight is 321 g/mol. The van der Waals surface area contributed by atoms with Crippen molar-refractivity contribution in [3.05, 3.63) is 0 Å². The zero-order chi connectivity index (χ0) is 16.5. The number of carbonyl (C=O) groups is 1. The molecule has 0 aromatic carbocycles. The molecule has 2 fully saturated rings. The minimum Gasteiger partial charge on any atom is -0.303 e. The standard InChI is InChI=1S/C22H40O/c1-18-9-8-12-22(19(18)2)11-7-5-3-4-6-10-20-13-15-21(17-23)16-14-20/h17-22H,3-16H2,1-2H3. The van der Waals surface area contributed by atoms with E-state index in [0.717, 1.165) is 36.5 Å². The molecule has 1 heteroatoms. The number of aldehydes is 1. The van der Waals surface area contributed by atoms with Gasteiger partial charge in [-0.3, -0.25) is 0 Å². The predicted molar refractivity (Wildman–Crippen MR) is 99.5 cm³/mol. The van der Waals surface area contributed by atoms with Crippen LogP contribution in [0.15, 0.2) is 0 Å². The van der Waals surface area contributed by atoms with Crippen LogP contribution in [0, 0.1) is 29.6 Å². The molecule has 2 aliphatic rings. The Labute approximate surface area is 145 Å². The first-order valence-corrected chi connectivity index (χ1v) is 10.7. The van der Waals surface area contributed by atoms with E-state index in [1.165, 1.54) is 83.3 Å². The summed E-state index contributed by atoms with van der Waals surface area (Å²) in [6.07, 6.45) is 20.7. The normalized spacial score (nSPS) is 35.1. The molecule has 3 atom stereocenters. The van der Waals surface area contributed by atoms with Crippen molar-refractivity contribution in [3.63, 3.8) is 0 Å². The van der Waals surface area contributed by atoms with Crippen molar-refractivity contribution in [2.75, 3.05) is 0 Å². The summed E-state index contributed by atoms with van der Waals surface area (Å²) in [7, 11) is 0. The molecule has 134 valence electrons. The molecule has 3 unspecified atom stereocenters. The van der Waals surface area contributed by atoms with Crippen molar-refractivity contribution >= 4 is 6.29 Å². The van der Waals surface area contributed by atoms with Crippen molar-refractivity contribution in [1.82, 2.24) is 0 Å². The minimum atomic E-state index is 0.385. The highest BCUT2D eigenvalue weighted by Gasteiger charge is 2.26. The van der Waals surface area contributed by atoms with Crippen LogP contribution in [-0.4, -0.2) is 6.29 Å². The fourth-order valence-electron chi connectivity index (χ4n) is 5.08. The molecule has 0 aromatic rings. The van der Waals surface area contributed by atoms with E-state index in [1.54, 1.807) is 0 Å². The molecular formula is C22H40O. The third-order valence-corrected chi connectivity index (χ3v) is 7.15. The third kappa shape index (κ3) is 6.59. The van der Waals surface area contributed by atoms with Gasteiger partial charge < -0.3 is 4.79 Å². The highest BCUT2D eigenvalue weighted by atomic mass is 16.1. The maximum Gasteiger partial charge on any atom is 0.123 e. The Bertz CT molecular complexity index is 316. The van der Waals surface area contributed by atoms with Gasteiger partial charge in [0, 0.05) is 5.92 Å². The molecule has 0 bridgehead atoms. The van der Waals surface area contributed by atoms with Gasteiger partial charge >= 0.3 is 0 Å². The predicted octanol–water partition coefficient (Wildman–Crippen LogP) is 6.79. The largest absolute Gasteiger partial charge is 0.303 e. The van der Waals surface area contributed by atoms with Gasteiger partial charge in [0.1, 0.15) is 6.29 Å². The summed E-state index contributed by atoms with van der Waals surface area (Å²) in [5, 5.41) is 0. The number of hydrogen-bond acceptors (Lipinski definition) is 1. The minimum absolute atomic E-state index is 0.385. The van der Waals surface area contributed by atoms with Gasteiger partial charge in [0.05, 0.1) is 0 Å². The quantitative estimate of drug-likeness (QED) is 0.337. The van der Waals surface area contributed by atoms with Gasteiger partial charge in [0.25, 0.3) is 0 Å². The fraction of sp³-hybridized carbons (Fsp3) is 0.955. The highest BCUT2D eigenvalue weighted by Crippen LogP contribution is 2.37. The van der Waals surface area contributed by atoms with E-state index in [4.69, 9.17) is 0 Å². The lowest BCUT2D eigenvalue weighted by Crippen LogP contribution is -2.23. The number of hydrogen-bond donors (Lipinski definition) is 0. The van der Waals surface area contributed by atoms with Gasteiger partial charge in [0.15, 0.2) is 0 Å². The van der Waals surface area contributed by atoms with E-state index >= 15 is 0 Å². The third-order valence-electron chi connectivity index (χ3n) is 7.15. The monoisotopic (exact) mass is 320 g/mol. The lowest BCUT2D eigenvalue weighted by Gasteiger charge is -2.34. The molecule has 0 heterocycles. The Hall–Kier alpha value is -0.330. The molecule has 23 heavy (non-hydrogen) atoms. The molecule has 0 amide bonds. The number of unbranched alkanes of at least 4 members (excludes halogenated alkanes) is 4. The molecule has 0 radical (unpaired) electrons. The molecule has 2 saturated carbocycles. The zero-order valence-corrected chi connectivity index (χ0v) is 15.8. The molecule has 0 saturated heterocycles. The van der Waals surface area contributed by atoms with E-state index in [9.17, 15) is 4.79 Å². The summed E-state index contributed by atoms with van der Waals surface area (Å²) < 4.78 is 0. The molecule has 0 aliphatic heterocycles. The van der Waals surface area contributed by atoms with Gasteiger partial charge in [-0.05, 0) is 49.4 Å². The van der Waals surface area contributed by atoms with Gasteiger partial charge in [-0.1, -0.05) is 78.1 Å². The summed E-state index contributed by atoms with van der Waals surface area (Å²) in [6, 6.07) is 0. The molecule has 0 aromatic heterocycles. The van der Waals surface area contributed by atoms with Crippen molar-refractivity contribution < 1.29 is 4.79 Å². The van der Waals surface area contributed by atoms with E-state index in [1.807, 2.05) is 0 Å². The van der Waals surface area contributed by atoms with E-state index < -0.39 is 0 Å². The number of rotatable bonds is 9. The van der Waals surface area contributed by atoms with Crippen LogP contribution in [0.4, 0.5) is 0 Å². The Kier molecular flexibility index (Phi) is 8.69. The molecule has 0 spiro atoms. The second-order valence-corrected chi connectivity index (χ2v) is 8.79. The summed E-state index contributed by atoms with van der Waals surface area (Å²) >= 11 is 0. The van der Waals surface area contributed by atoms with Crippen molar-refractivity contribution in [1.29, 1.82) is 0 Å². The van der Waals surface area contributed by atoms with Crippen LogP contribution in [0.25, 0.3) is 0 Å². The summed E-state index contributed by atoms with van der Waals surface area (Å²) in [6.45, 7) is 4.95. The van der Waals surface area contributed by atoms with E-state index in [0.29, 0.717) is 5.92 Å². The van der Waals surface area contributed by atoms with Crippen LogP contribution in [0.3, 0.4) is 0 Å². The van der Waals surface area contributed by atoms with E-state index in [-0.39, 0.29) is 0 Å². The van der Waals surface area contributed by atoms with E-state index in [2.05, 4.69) is 13.8 Å². The van der Waals surface area contributed by atoms with Crippen molar-refractivity contribution in [3.8, 4) is 0 Å². The fourth-order valence-corrected chi connectivity index (χ4v) is 5.08. The molecule has 2 rings (SSSR count). The van der Waals surface area contributed by atoms with Crippen LogP contribution >= 0.6 is 0 Å². The van der Waals surface area contributed by atoms with Crippen LogP contribution in [0.5, 0.6) is 0 Å². The molecule has 1 nitrogen and oxygen atoms in total. The Morgan fingerprint density at radius 2 is 1.43 bits per heavy atom. The SMILES string of the molecule is CC1CCCC(CCCCCCCC2CCC(C=O)CC2)C1C. The molecular weight excluding hydrogens is 280 g/mol. The first-order chi connectivity index (χ1) is 11.2. The molecule has 0 N–H and O–H groups in total. The molecule has 2 aliphatic carbocycles. The van der Waals surface area contributed by atoms with Gasteiger partial charge in [-0.15, -0.1) is 0 Å². The second kappa shape index (κ2) is 10.5. The van der Waals surface area contributed by atoms with Crippen molar-refractivity contribution in [2.45, 2.75) is 104 Å². The maximum atomic E-state index is 10.8. The lowest BCUT2D eigenvalue weighted by molar-refractivity contribution is -0.112. The van der Waals surface area contributed by atoms with Crippen LogP contribution in [0.2, 0.25) is 0 Å². The Morgan fingerprint density at radius 3 is 2.13 bits per heavy atom. The smallest absolute Gasteiger partial charge is 0.123 e. The van der Waals surface area contributed by atoms with Gasteiger partial charge in [-0.2, -0.15) is 0 Å². The summed E-state index contributed by atoms with van der Waals surface area (Å²) in [4.78, 5) is 10.8. The first-order valence-electron chi connectivity index (χ1n) is 10.7. The first kappa shape index (κ1) is 19.0. The maximum absolute atomic E-state index is 10.8.